The zero-order valence-electron chi connectivity index (χ0n) is 8.82. The summed E-state index contributed by atoms with van der Waals surface area (Å²) in [6.45, 7) is 8.58. The predicted octanol–water partition coefficient (Wildman–Crippen LogP) is 0.514. The van der Waals surface area contributed by atoms with E-state index in [9.17, 15) is 4.79 Å². The molecule has 0 saturated heterocycles. The second-order valence-electron chi connectivity index (χ2n) is 3.81. The monoisotopic (exact) mass is 182 g/mol. The molecule has 74 valence electrons. The Kier molecular flexibility index (Phi) is 5.17. The molecule has 0 unspecified atom stereocenters. The van der Waals surface area contributed by atoms with Gasteiger partial charge in [-0.25, -0.2) is 0 Å². The third-order valence-corrected chi connectivity index (χ3v) is 1.33. The first-order valence-electron chi connectivity index (χ1n) is 4.37. The van der Waals surface area contributed by atoms with Crippen LogP contribution in [0.5, 0.6) is 0 Å². The molecule has 0 rings (SSSR count). The number of hydrogen-bond donors (Lipinski definition) is 2. The standard InChI is InChI=1S/C10H18N2O/c1-5-6-7-11-9(13)8-12-10(2,3)4/h12H,7-8H2,1-4H3,(H,11,13). The van der Waals surface area contributed by atoms with Gasteiger partial charge >= 0.3 is 0 Å². The first-order chi connectivity index (χ1) is 5.95. The van der Waals surface area contributed by atoms with Crippen molar-refractivity contribution >= 4 is 5.91 Å². The lowest BCUT2D eigenvalue weighted by Crippen LogP contribution is -2.43. The Morgan fingerprint density at radius 1 is 1.38 bits per heavy atom. The molecule has 2 N–H and O–H groups in total. The maximum absolute atomic E-state index is 11.1. The van der Waals surface area contributed by atoms with E-state index in [1.54, 1.807) is 6.92 Å². The number of carbonyl (C=O) groups excluding carboxylic acids is 1. The van der Waals surface area contributed by atoms with Crippen LogP contribution < -0.4 is 10.6 Å². The van der Waals surface area contributed by atoms with Crippen LogP contribution in [0.25, 0.3) is 0 Å². The van der Waals surface area contributed by atoms with Gasteiger partial charge in [0.05, 0.1) is 13.1 Å². The molecule has 0 heterocycles. The summed E-state index contributed by atoms with van der Waals surface area (Å²) in [6, 6.07) is 0. The van der Waals surface area contributed by atoms with Crippen LogP contribution in [0.3, 0.4) is 0 Å². The van der Waals surface area contributed by atoms with Gasteiger partial charge in [-0.05, 0) is 27.7 Å². The second-order valence-corrected chi connectivity index (χ2v) is 3.81. The molecule has 13 heavy (non-hydrogen) atoms. The van der Waals surface area contributed by atoms with Gasteiger partial charge in [0, 0.05) is 5.54 Å². The van der Waals surface area contributed by atoms with Gasteiger partial charge in [-0.2, -0.15) is 0 Å². The molecule has 0 aromatic rings. The van der Waals surface area contributed by atoms with Crippen molar-refractivity contribution in [1.29, 1.82) is 0 Å². The van der Waals surface area contributed by atoms with E-state index < -0.39 is 0 Å². The van der Waals surface area contributed by atoms with Crippen molar-refractivity contribution in [3.63, 3.8) is 0 Å². The molecule has 0 saturated carbocycles. The molecular weight excluding hydrogens is 164 g/mol. The number of rotatable bonds is 3. The average molecular weight is 182 g/mol. The molecule has 0 atom stereocenters. The molecule has 0 aromatic heterocycles. The van der Waals surface area contributed by atoms with Crippen molar-refractivity contribution in [1.82, 2.24) is 10.6 Å². The van der Waals surface area contributed by atoms with Gasteiger partial charge in [0.1, 0.15) is 0 Å². The van der Waals surface area contributed by atoms with Crippen molar-refractivity contribution in [2.75, 3.05) is 13.1 Å². The molecule has 0 radical (unpaired) electrons. The second kappa shape index (κ2) is 5.60. The van der Waals surface area contributed by atoms with E-state index in [1.165, 1.54) is 0 Å². The summed E-state index contributed by atoms with van der Waals surface area (Å²) in [6.07, 6.45) is 0. The first-order valence-corrected chi connectivity index (χ1v) is 4.37. The predicted molar refractivity (Wildman–Crippen MR) is 54.2 cm³/mol. The first kappa shape index (κ1) is 12.0. The summed E-state index contributed by atoms with van der Waals surface area (Å²) in [5.41, 5.74) is -0.0201. The fraction of sp³-hybridized carbons (Fsp3) is 0.700. The summed E-state index contributed by atoms with van der Waals surface area (Å²) in [5, 5.41) is 5.77. The highest BCUT2D eigenvalue weighted by Gasteiger charge is 2.10. The zero-order chi connectivity index (χ0) is 10.3. The smallest absolute Gasteiger partial charge is 0.234 e. The summed E-state index contributed by atoms with van der Waals surface area (Å²) < 4.78 is 0. The topological polar surface area (TPSA) is 41.1 Å². The molecule has 0 aromatic carbocycles. The number of hydrogen-bond acceptors (Lipinski definition) is 2. The highest BCUT2D eigenvalue weighted by atomic mass is 16.1. The lowest BCUT2D eigenvalue weighted by Gasteiger charge is -2.19. The van der Waals surface area contributed by atoms with Gasteiger partial charge in [0.15, 0.2) is 0 Å². The Hall–Kier alpha value is -1.01. The van der Waals surface area contributed by atoms with E-state index in [2.05, 4.69) is 22.5 Å². The zero-order valence-corrected chi connectivity index (χ0v) is 8.82. The Labute approximate surface area is 80.3 Å². The largest absolute Gasteiger partial charge is 0.344 e. The maximum atomic E-state index is 11.1. The normalized spacial score (nSPS) is 10.2. The van der Waals surface area contributed by atoms with E-state index in [-0.39, 0.29) is 11.4 Å². The summed E-state index contributed by atoms with van der Waals surface area (Å²) in [5.74, 6) is 5.46. The number of nitrogens with one attached hydrogen (secondary N) is 2. The quantitative estimate of drug-likeness (QED) is 0.625. The summed E-state index contributed by atoms with van der Waals surface area (Å²) >= 11 is 0. The van der Waals surface area contributed by atoms with Crippen molar-refractivity contribution in [2.24, 2.45) is 0 Å². The van der Waals surface area contributed by atoms with E-state index in [0.29, 0.717) is 13.1 Å². The Balaban J connectivity index is 3.56. The average Bonchev–Trinajstić information content (AvgIpc) is 2.00. The van der Waals surface area contributed by atoms with E-state index in [0.717, 1.165) is 0 Å². The molecular formula is C10H18N2O. The van der Waals surface area contributed by atoms with Crippen LogP contribution in [-0.4, -0.2) is 24.5 Å². The van der Waals surface area contributed by atoms with E-state index in [1.807, 2.05) is 20.8 Å². The fourth-order valence-corrected chi connectivity index (χ4v) is 0.639. The molecule has 3 nitrogen and oxygen atoms in total. The molecule has 0 aliphatic rings. The van der Waals surface area contributed by atoms with Crippen LogP contribution in [0.2, 0.25) is 0 Å². The van der Waals surface area contributed by atoms with Crippen molar-refractivity contribution in [3.05, 3.63) is 0 Å². The Morgan fingerprint density at radius 3 is 2.46 bits per heavy atom. The number of carbonyl (C=O) groups is 1. The van der Waals surface area contributed by atoms with Crippen LogP contribution in [0.4, 0.5) is 0 Å². The molecule has 0 spiro atoms. The molecule has 1 amide bonds. The highest BCUT2D eigenvalue weighted by molar-refractivity contribution is 5.78. The lowest BCUT2D eigenvalue weighted by molar-refractivity contribution is -0.120. The van der Waals surface area contributed by atoms with Crippen LogP contribution in [0.15, 0.2) is 0 Å². The van der Waals surface area contributed by atoms with Crippen LogP contribution >= 0.6 is 0 Å². The SMILES string of the molecule is CC#CCNC(=O)CNC(C)(C)C. The summed E-state index contributed by atoms with van der Waals surface area (Å²) in [4.78, 5) is 11.1. The van der Waals surface area contributed by atoms with Crippen LogP contribution in [0, 0.1) is 11.8 Å². The van der Waals surface area contributed by atoms with Gasteiger partial charge in [0.2, 0.25) is 5.91 Å². The van der Waals surface area contributed by atoms with Gasteiger partial charge in [-0.1, -0.05) is 5.92 Å². The highest BCUT2D eigenvalue weighted by Crippen LogP contribution is 1.96. The minimum atomic E-state index is -0.0201. The minimum absolute atomic E-state index is 0.0160. The molecule has 0 aliphatic carbocycles. The number of amides is 1. The lowest BCUT2D eigenvalue weighted by atomic mass is 10.1. The Morgan fingerprint density at radius 2 is 2.00 bits per heavy atom. The molecule has 3 heteroatoms. The molecule has 0 aliphatic heterocycles. The van der Waals surface area contributed by atoms with E-state index >= 15 is 0 Å². The van der Waals surface area contributed by atoms with Crippen LogP contribution in [-0.2, 0) is 4.79 Å². The van der Waals surface area contributed by atoms with Gasteiger partial charge in [0.25, 0.3) is 0 Å². The van der Waals surface area contributed by atoms with Crippen molar-refractivity contribution in [3.8, 4) is 11.8 Å². The van der Waals surface area contributed by atoms with E-state index in [4.69, 9.17) is 0 Å². The minimum Gasteiger partial charge on any atom is -0.344 e. The molecule has 0 fully saturated rings. The third-order valence-electron chi connectivity index (χ3n) is 1.33. The Bertz CT molecular complexity index is 217. The van der Waals surface area contributed by atoms with Gasteiger partial charge < -0.3 is 10.6 Å². The van der Waals surface area contributed by atoms with Crippen LogP contribution in [0.1, 0.15) is 27.7 Å². The fourth-order valence-electron chi connectivity index (χ4n) is 0.639. The van der Waals surface area contributed by atoms with Gasteiger partial charge in [-0.15, -0.1) is 5.92 Å². The van der Waals surface area contributed by atoms with Crippen molar-refractivity contribution in [2.45, 2.75) is 33.2 Å². The maximum Gasteiger partial charge on any atom is 0.234 e. The van der Waals surface area contributed by atoms with Gasteiger partial charge in [-0.3, -0.25) is 4.79 Å². The van der Waals surface area contributed by atoms with Crippen molar-refractivity contribution < 1.29 is 4.79 Å². The summed E-state index contributed by atoms with van der Waals surface area (Å²) in [7, 11) is 0. The molecule has 0 bridgehead atoms. The third kappa shape index (κ3) is 8.90.